The number of hydrogen-bond acceptors (Lipinski definition) is 16. The summed E-state index contributed by atoms with van der Waals surface area (Å²) in [4.78, 5) is 94.2. The van der Waals surface area contributed by atoms with Crippen LogP contribution in [0.15, 0.2) is 0 Å². The molecule has 0 aromatic heterocycles. The lowest BCUT2D eigenvalue weighted by Crippen LogP contribution is -2.45. The minimum Gasteiger partial charge on any atom is -0.428 e. The predicted molar refractivity (Wildman–Crippen MR) is 132 cm³/mol. The molecule has 0 saturated carbocycles. The molecule has 0 heterocycles. The van der Waals surface area contributed by atoms with Gasteiger partial charge in [0.25, 0.3) is 0 Å². The Morgan fingerprint density at radius 3 is 1.36 bits per heavy atom. The lowest BCUT2D eigenvalue weighted by atomic mass is 10.3. The van der Waals surface area contributed by atoms with Crippen LogP contribution in [0.4, 0.5) is 14.4 Å². The molecule has 0 bridgehead atoms. The van der Waals surface area contributed by atoms with Crippen LogP contribution in [0.3, 0.4) is 0 Å². The van der Waals surface area contributed by atoms with Gasteiger partial charge in [-0.3, -0.25) is 24.0 Å². The van der Waals surface area contributed by atoms with Gasteiger partial charge in [0.05, 0.1) is 0 Å². The monoisotopic (exact) mass is 609 g/mol. The molecule has 0 aliphatic carbocycles. The number of hydrogen-bond donors (Lipinski definition) is 1. The standard InChI is InChI=1S/C23H35N3O16/c1-16(27)35-12-39-20(31)6-5-8-25(22(33)41-14-37-18(3)29)10-11-26(23(34)42-15-38-19(4)30)9-7-24-21(32)40-13-36-17(2)28/h5-15H2,1-4H3,(H,24,32). The lowest BCUT2D eigenvalue weighted by Gasteiger charge is -2.27. The largest absolute Gasteiger partial charge is 0.428 e. The maximum atomic E-state index is 12.6. The van der Waals surface area contributed by atoms with Crippen molar-refractivity contribution in [2.24, 2.45) is 0 Å². The fourth-order valence-corrected chi connectivity index (χ4v) is 2.51. The summed E-state index contributed by atoms with van der Waals surface area (Å²) in [6.45, 7) is 1.03. The highest BCUT2D eigenvalue weighted by Gasteiger charge is 2.21. The lowest BCUT2D eigenvalue weighted by molar-refractivity contribution is -0.166. The van der Waals surface area contributed by atoms with E-state index in [0.29, 0.717) is 0 Å². The second-order valence-electron chi connectivity index (χ2n) is 7.79. The molecule has 19 heteroatoms. The zero-order valence-corrected chi connectivity index (χ0v) is 23.7. The topological polar surface area (TPSA) is 229 Å². The summed E-state index contributed by atoms with van der Waals surface area (Å²) in [7, 11) is 0. The number of nitrogens with zero attached hydrogens (tertiary/aromatic N) is 2. The Morgan fingerprint density at radius 2 is 0.905 bits per heavy atom. The average molecular weight is 610 g/mol. The van der Waals surface area contributed by atoms with E-state index in [0.717, 1.165) is 37.5 Å². The van der Waals surface area contributed by atoms with Gasteiger partial charge in [-0.05, 0) is 6.42 Å². The van der Waals surface area contributed by atoms with Crippen LogP contribution >= 0.6 is 0 Å². The maximum Gasteiger partial charge on any atom is 0.412 e. The highest BCUT2D eigenvalue weighted by atomic mass is 16.7. The summed E-state index contributed by atoms with van der Waals surface area (Å²) < 4.78 is 37.2. The summed E-state index contributed by atoms with van der Waals surface area (Å²) >= 11 is 0. The zero-order valence-electron chi connectivity index (χ0n) is 23.7. The van der Waals surface area contributed by atoms with Crippen molar-refractivity contribution >= 4 is 48.1 Å². The normalized spacial score (nSPS) is 9.81. The molecular weight excluding hydrogens is 574 g/mol. The molecule has 0 aromatic carbocycles. The quantitative estimate of drug-likeness (QED) is 0.122. The van der Waals surface area contributed by atoms with Gasteiger partial charge >= 0.3 is 48.1 Å². The van der Waals surface area contributed by atoms with Crippen LogP contribution in [0.25, 0.3) is 0 Å². The smallest absolute Gasteiger partial charge is 0.412 e. The third-order valence-electron chi connectivity index (χ3n) is 4.44. The van der Waals surface area contributed by atoms with Gasteiger partial charge in [0.2, 0.25) is 27.2 Å². The maximum absolute atomic E-state index is 12.6. The molecular formula is C23H35N3O16. The van der Waals surface area contributed by atoms with Crippen LogP contribution in [0.5, 0.6) is 0 Å². The van der Waals surface area contributed by atoms with E-state index in [1.807, 2.05) is 0 Å². The Kier molecular flexibility index (Phi) is 19.4. The van der Waals surface area contributed by atoms with Gasteiger partial charge in [-0.1, -0.05) is 0 Å². The van der Waals surface area contributed by atoms with Gasteiger partial charge in [0.1, 0.15) is 0 Å². The van der Waals surface area contributed by atoms with E-state index >= 15 is 0 Å². The van der Waals surface area contributed by atoms with Crippen LogP contribution < -0.4 is 5.32 Å². The Morgan fingerprint density at radius 1 is 0.500 bits per heavy atom. The molecule has 0 aromatic rings. The van der Waals surface area contributed by atoms with Crippen molar-refractivity contribution < 1.29 is 76.3 Å². The van der Waals surface area contributed by atoms with E-state index in [1.165, 1.54) is 0 Å². The van der Waals surface area contributed by atoms with Gasteiger partial charge in [-0.15, -0.1) is 0 Å². The van der Waals surface area contributed by atoms with Crippen molar-refractivity contribution in [2.75, 3.05) is 59.9 Å². The number of ether oxygens (including phenoxy) is 8. The van der Waals surface area contributed by atoms with Crippen molar-refractivity contribution in [3.63, 3.8) is 0 Å². The summed E-state index contributed by atoms with van der Waals surface area (Å²) in [5.74, 6) is -3.44. The third kappa shape index (κ3) is 21.0. The molecule has 42 heavy (non-hydrogen) atoms. The molecule has 0 atom stereocenters. The molecule has 0 saturated heterocycles. The summed E-state index contributed by atoms with van der Waals surface area (Å²) in [6, 6.07) is 0. The highest BCUT2D eigenvalue weighted by molar-refractivity contribution is 5.72. The molecule has 0 unspecified atom stereocenters. The van der Waals surface area contributed by atoms with E-state index in [1.54, 1.807) is 0 Å². The van der Waals surface area contributed by atoms with E-state index < -0.39 is 75.3 Å². The second kappa shape index (κ2) is 21.9. The molecule has 0 fully saturated rings. The van der Waals surface area contributed by atoms with Gasteiger partial charge in [-0.25, -0.2) is 14.4 Å². The minimum absolute atomic E-state index is 0.0637. The van der Waals surface area contributed by atoms with Crippen LogP contribution in [0.1, 0.15) is 40.5 Å². The zero-order chi connectivity index (χ0) is 31.9. The Labute approximate surface area is 240 Å². The molecule has 0 radical (unpaired) electrons. The molecule has 0 rings (SSSR count). The molecule has 0 spiro atoms. The second-order valence-corrected chi connectivity index (χ2v) is 7.79. The Bertz CT molecular complexity index is 867. The highest BCUT2D eigenvalue weighted by Crippen LogP contribution is 2.04. The summed E-state index contributed by atoms with van der Waals surface area (Å²) in [5, 5.41) is 2.31. The van der Waals surface area contributed by atoms with E-state index in [-0.39, 0.29) is 45.6 Å². The fourth-order valence-electron chi connectivity index (χ4n) is 2.51. The van der Waals surface area contributed by atoms with E-state index in [4.69, 9.17) is 14.2 Å². The van der Waals surface area contributed by atoms with Gasteiger partial charge in [0.15, 0.2) is 0 Å². The molecule has 3 amide bonds. The SMILES string of the molecule is CC(=O)OCOC(=O)CCCN(CCN(CCNC(=O)OCOC(C)=O)C(=O)OCOC(C)=O)C(=O)OCOC(C)=O. The number of nitrogens with one attached hydrogen (secondary N) is 1. The van der Waals surface area contributed by atoms with Crippen LogP contribution in [-0.2, 0) is 61.9 Å². The molecule has 1 N–H and O–H groups in total. The van der Waals surface area contributed by atoms with Crippen molar-refractivity contribution in [3.05, 3.63) is 0 Å². The number of rotatable bonds is 18. The molecule has 238 valence electrons. The van der Waals surface area contributed by atoms with Crippen molar-refractivity contribution in [3.8, 4) is 0 Å². The summed E-state index contributed by atoms with van der Waals surface area (Å²) in [6.07, 6.45) is -3.00. The van der Waals surface area contributed by atoms with E-state index in [9.17, 15) is 38.4 Å². The third-order valence-corrected chi connectivity index (χ3v) is 4.44. The molecule has 0 aliphatic rings. The average Bonchev–Trinajstić information content (AvgIpc) is 2.88. The van der Waals surface area contributed by atoms with Gasteiger partial charge < -0.3 is 53.0 Å². The van der Waals surface area contributed by atoms with Crippen molar-refractivity contribution in [2.45, 2.75) is 40.5 Å². The van der Waals surface area contributed by atoms with Crippen molar-refractivity contribution in [1.82, 2.24) is 15.1 Å². The predicted octanol–water partition coefficient (Wildman–Crippen LogP) is -0.00440. The number of carbonyl (C=O) groups is 8. The Balaban J connectivity index is 5.21. The first-order chi connectivity index (χ1) is 19.8. The minimum atomic E-state index is -0.978. The first-order valence-corrected chi connectivity index (χ1v) is 12.2. The number of carbonyl (C=O) groups excluding carboxylic acids is 8. The first-order valence-electron chi connectivity index (χ1n) is 12.2. The van der Waals surface area contributed by atoms with E-state index in [2.05, 4.69) is 29.0 Å². The van der Waals surface area contributed by atoms with Crippen LogP contribution in [-0.4, -0.2) is 118 Å². The van der Waals surface area contributed by atoms with Crippen LogP contribution in [0, 0.1) is 0 Å². The number of alkyl carbamates (subject to hydrolysis) is 1. The number of esters is 5. The first kappa shape index (κ1) is 37.2. The van der Waals surface area contributed by atoms with Crippen LogP contribution in [0.2, 0.25) is 0 Å². The summed E-state index contributed by atoms with van der Waals surface area (Å²) in [5.41, 5.74) is 0. The molecule has 19 nitrogen and oxygen atoms in total. The van der Waals surface area contributed by atoms with Gasteiger partial charge in [0, 0.05) is 66.8 Å². The molecule has 0 aliphatic heterocycles. The number of amides is 3. The van der Waals surface area contributed by atoms with Crippen molar-refractivity contribution in [1.29, 1.82) is 0 Å². The van der Waals surface area contributed by atoms with Gasteiger partial charge in [-0.2, -0.15) is 0 Å². The fraction of sp³-hybridized carbons (Fsp3) is 0.652. The Hall–Kier alpha value is -4.84.